The Bertz CT molecular complexity index is 188. The maximum Gasteiger partial charge on any atom is 0.0464 e. The minimum absolute atomic E-state index is 0.201. The molecule has 1 unspecified atom stereocenters. The molecule has 0 spiro atoms. The largest absolute Gasteiger partial charge is 0.396 e. The van der Waals surface area contributed by atoms with Crippen molar-refractivity contribution in [2.24, 2.45) is 5.92 Å². The second-order valence-electron chi connectivity index (χ2n) is 4.04. The first-order valence-electron chi connectivity index (χ1n) is 5.08. The Hall–Kier alpha value is -0.603. The third kappa shape index (κ3) is 3.64. The van der Waals surface area contributed by atoms with Crippen molar-refractivity contribution in [3.8, 4) is 0 Å². The topological polar surface area (TPSA) is 20.2 Å². The molecular formula is C12H22OSi. The van der Waals surface area contributed by atoms with Crippen LogP contribution in [0.2, 0.25) is 5.04 Å². The van der Waals surface area contributed by atoms with Crippen LogP contribution in [0.3, 0.4) is 0 Å². The highest BCUT2D eigenvalue weighted by atomic mass is 28.1. The van der Waals surface area contributed by atoms with Crippen LogP contribution in [0.4, 0.5) is 0 Å². The van der Waals surface area contributed by atoms with E-state index in [9.17, 15) is 5.11 Å². The number of rotatable bonds is 8. The molecule has 0 aromatic heterocycles. The summed E-state index contributed by atoms with van der Waals surface area (Å²) in [6.07, 6.45) is 8.58. The van der Waals surface area contributed by atoms with Gasteiger partial charge < -0.3 is 5.11 Å². The Morgan fingerprint density at radius 3 is 1.93 bits per heavy atom. The van der Waals surface area contributed by atoms with Crippen LogP contribution in [0.15, 0.2) is 38.0 Å². The molecule has 0 radical (unpaired) electrons. The molecule has 0 bridgehead atoms. The van der Waals surface area contributed by atoms with Gasteiger partial charge in [-0.2, -0.15) is 0 Å². The molecular weight excluding hydrogens is 188 g/mol. The molecule has 80 valence electrons. The fraction of sp³-hybridized carbons (Fsp3) is 0.500. The van der Waals surface area contributed by atoms with Crippen LogP contribution in [0.25, 0.3) is 0 Å². The predicted molar refractivity (Wildman–Crippen MR) is 67.6 cm³/mol. The van der Waals surface area contributed by atoms with Gasteiger partial charge in [-0.15, -0.1) is 19.7 Å². The Morgan fingerprint density at radius 1 is 1.14 bits per heavy atom. The van der Waals surface area contributed by atoms with Gasteiger partial charge in [-0.05, 0) is 30.2 Å². The van der Waals surface area contributed by atoms with E-state index >= 15 is 0 Å². The van der Waals surface area contributed by atoms with Gasteiger partial charge in [0.1, 0.15) is 0 Å². The molecule has 0 amide bonds. The Morgan fingerprint density at radius 2 is 1.64 bits per heavy atom. The van der Waals surface area contributed by atoms with E-state index in [0.29, 0.717) is 5.92 Å². The van der Waals surface area contributed by atoms with E-state index in [1.165, 1.54) is 0 Å². The van der Waals surface area contributed by atoms with E-state index < -0.39 is 0 Å². The van der Waals surface area contributed by atoms with Crippen molar-refractivity contribution in [1.29, 1.82) is 0 Å². The molecule has 0 saturated carbocycles. The lowest BCUT2D eigenvalue weighted by Gasteiger charge is -2.35. The number of hydrogen-bond acceptors (Lipinski definition) is 1. The molecule has 0 fully saturated rings. The SMILES string of the molecule is C=CCC(CO)C([SiH3])(CC=C)CC=C. The minimum atomic E-state index is 0.201. The summed E-state index contributed by atoms with van der Waals surface area (Å²) in [5.41, 5.74) is 0. The molecule has 0 aliphatic carbocycles. The van der Waals surface area contributed by atoms with E-state index in [-0.39, 0.29) is 11.6 Å². The van der Waals surface area contributed by atoms with Crippen molar-refractivity contribution < 1.29 is 5.11 Å². The van der Waals surface area contributed by atoms with Crippen molar-refractivity contribution in [3.63, 3.8) is 0 Å². The van der Waals surface area contributed by atoms with Gasteiger partial charge in [0.25, 0.3) is 0 Å². The van der Waals surface area contributed by atoms with Crippen molar-refractivity contribution in [2.75, 3.05) is 6.61 Å². The van der Waals surface area contributed by atoms with Gasteiger partial charge in [0.15, 0.2) is 0 Å². The molecule has 0 aliphatic heterocycles. The molecule has 0 rings (SSSR count). The van der Waals surface area contributed by atoms with Gasteiger partial charge in [-0.1, -0.05) is 18.2 Å². The maximum atomic E-state index is 9.35. The predicted octanol–water partition coefficient (Wildman–Crippen LogP) is 1.85. The van der Waals surface area contributed by atoms with Crippen molar-refractivity contribution in [2.45, 2.75) is 24.3 Å². The lowest BCUT2D eigenvalue weighted by molar-refractivity contribution is 0.186. The summed E-state index contributed by atoms with van der Waals surface area (Å²) in [6, 6.07) is 0. The van der Waals surface area contributed by atoms with Crippen molar-refractivity contribution in [3.05, 3.63) is 38.0 Å². The molecule has 0 heterocycles. The van der Waals surface area contributed by atoms with Gasteiger partial charge in [0, 0.05) is 16.8 Å². The maximum absolute atomic E-state index is 9.35. The van der Waals surface area contributed by atoms with Gasteiger partial charge >= 0.3 is 0 Å². The van der Waals surface area contributed by atoms with E-state index in [4.69, 9.17) is 0 Å². The van der Waals surface area contributed by atoms with Gasteiger partial charge in [0.2, 0.25) is 0 Å². The Kier molecular flexibility index (Phi) is 6.50. The highest BCUT2D eigenvalue weighted by Gasteiger charge is 2.30. The lowest BCUT2D eigenvalue weighted by atomic mass is 9.83. The van der Waals surface area contributed by atoms with Crippen molar-refractivity contribution in [1.82, 2.24) is 0 Å². The zero-order chi connectivity index (χ0) is 11.0. The molecule has 1 nitrogen and oxygen atoms in total. The van der Waals surface area contributed by atoms with Gasteiger partial charge in [-0.25, -0.2) is 0 Å². The van der Waals surface area contributed by atoms with Gasteiger partial charge in [0.05, 0.1) is 0 Å². The highest BCUT2D eigenvalue weighted by molar-refractivity contribution is 6.15. The first kappa shape index (κ1) is 13.4. The zero-order valence-electron chi connectivity index (χ0n) is 9.21. The summed E-state index contributed by atoms with van der Waals surface area (Å²) >= 11 is 0. The molecule has 1 N–H and O–H groups in total. The molecule has 1 atom stereocenters. The first-order chi connectivity index (χ1) is 6.64. The molecule has 14 heavy (non-hydrogen) atoms. The summed E-state index contributed by atoms with van der Waals surface area (Å²) < 4.78 is 0. The lowest BCUT2D eigenvalue weighted by Crippen LogP contribution is -2.26. The molecule has 0 aromatic carbocycles. The van der Waals surface area contributed by atoms with E-state index in [2.05, 4.69) is 19.7 Å². The number of allylic oxidation sites excluding steroid dienone is 3. The number of hydrogen-bond donors (Lipinski definition) is 1. The monoisotopic (exact) mass is 210 g/mol. The van der Waals surface area contributed by atoms with Crippen LogP contribution >= 0.6 is 0 Å². The van der Waals surface area contributed by atoms with Crippen LogP contribution < -0.4 is 0 Å². The summed E-state index contributed by atoms with van der Waals surface area (Å²) in [7, 11) is 1.04. The normalized spacial score (nSPS) is 13.5. The molecule has 2 heteroatoms. The standard InChI is InChI=1S/C12H22OSi/c1-4-7-11(10-13)12(14,8-5-2)9-6-3/h4-6,11,13H,1-3,7-10H2,14H3. The summed E-state index contributed by atoms with van der Waals surface area (Å²) in [4.78, 5) is 0. The smallest absolute Gasteiger partial charge is 0.0464 e. The third-order valence-electron chi connectivity index (χ3n) is 2.88. The fourth-order valence-electron chi connectivity index (χ4n) is 1.86. The average Bonchev–Trinajstić information content (AvgIpc) is 2.14. The first-order valence-corrected chi connectivity index (χ1v) is 6.08. The fourth-order valence-corrected chi connectivity index (χ4v) is 2.85. The second-order valence-corrected chi connectivity index (χ2v) is 6.04. The van der Waals surface area contributed by atoms with Gasteiger partial charge in [-0.3, -0.25) is 0 Å². The van der Waals surface area contributed by atoms with Crippen LogP contribution in [0.1, 0.15) is 19.3 Å². The quantitative estimate of drug-likeness (QED) is 0.479. The second kappa shape index (κ2) is 6.79. The summed E-state index contributed by atoms with van der Waals surface area (Å²) in [6.45, 7) is 11.5. The highest BCUT2D eigenvalue weighted by Crippen LogP contribution is 2.42. The third-order valence-corrected chi connectivity index (χ3v) is 4.51. The Labute approximate surface area is 90.7 Å². The minimum Gasteiger partial charge on any atom is -0.396 e. The number of aliphatic hydroxyl groups excluding tert-OH is 1. The van der Waals surface area contributed by atoms with Crippen LogP contribution in [-0.2, 0) is 0 Å². The van der Waals surface area contributed by atoms with E-state index in [1.807, 2.05) is 18.2 Å². The Balaban J connectivity index is 4.62. The van der Waals surface area contributed by atoms with E-state index in [1.54, 1.807) is 0 Å². The molecule has 0 aliphatic rings. The van der Waals surface area contributed by atoms with E-state index in [0.717, 1.165) is 29.5 Å². The molecule has 0 aromatic rings. The van der Waals surface area contributed by atoms with Crippen LogP contribution in [0.5, 0.6) is 0 Å². The summed E-state index contributed by atoms with van der Waals surface area (Å²) in [5, 5.41) is 9.55. The average molecular weight is 210 g/mol. The van der Waals surface area contributed by atoms with Crippen molar-refractivity contribution >= 4 is 10.2 Å². The van der Waals surface area contributed by atoms with Crippen LogP contribution in [0, 0.1) is 5.92 Å². The molecule has 0 saturated heterocycles. The van der Waals surface area contributed by atoms with Crippen LogP contribution in [-0.4, -0.2) is 22.0 Å². The summed E-state index contributed by atoms with van der Waals surface area (Å²) in [5.74, 6) is 0.308. The zero-order valence-corrected chi connectivity index (χ0v) is 11.2. The number of aliphatic hydroxyl groups is 1.